The summed E-state index contributed by atoms with van der Waals surface area (Å²) in [6.07, 6.45) is 1.19. The van der Waals surface area contributed by atoms with Gasteiger partial charge in [0.05, 0.1) is 6.10 Å². The second kappa shape index (κ2) is 5.23. The molecule has 100 valence electrons. The highest BCUT2D eigenvalue weighted by atomic mass is 32.1. The molecule has 0 bridgehead atoms. The van der Waals surface area contributed by atoms with Gasteiger partial charge in [0.15, 0.2) is 11.5 Å². The van der Waals surface area contributed by atoms with Gasteiger partial charge in [-0.1, -0.05) is 13.0 Å². The third-order valence-electron chi connectivity index (χ3n) is 3.24. The number of ether oxygens (including phenoxy) is 2. The summed E-state index contributed by atoms with van der Waals surface area (Å²) >= 11 is 1.77. The summed E-state index contributed by atoms with van der Waals surface area (Å²) in [6, 6.07) is 9.84. The standard InChI is InChI=1S/C15H16O3S/c1-2-11-4-5-12(19-11)8-13(16)10-3-6-14-15(7-10)18-9-17-14/h3-7,13,16H,2,8-9H2,1H3. The van der Waals surface area contributed by atoms with Crippen LogP contribution in [0.3, 0.4) is 0 Å². The molecule has 1 aromatic carbocycles. The summed E-state index contributed by atoms with van der Waals surface area (Å²) in [7, 11) is 0. The second-order valence-corrected chi connectivity index (χ2v) is 5.81. The highest BCUT2D eigenvalue weighted by Crippen LogP contribution is 2.35. The quantitative estimate of drug-likeness (QED) is 0.931. The molecule has 1 atom stereocenters. The molecule has 19 heavy (non-hydrogen) atoms. The lowest BCUT2D eigenvalue weighted by Crippen LogP contribution is -2.00. The predicted molar refractivity (Wildman–Crippen MR) is 74.9 cm³/mol. The van der Waals surface area contributed by atoms with Crippen molar-refractivity contribution in [2.45, 2.75) is 25.9 Å². The van der Waals surface area contributed by atoms with Gasteiger partial charge in [-0.05, 0) is 36.2 Å². The van der Waals surface area contributed by atoms with Crippen molar-refractivity contribution < 1.29 is 14.6 Å². The zero-order valence-electron chi connectivity index (χ0n) is 10.8. The molecule has 0 radical (unpaired) electrons. The van der Waals surface area contributed by atoms with E-state index in [-0.39, 0.29) is 6.79 Å². The molecule has 1 aromatic heterocycles. The summed E-state index contributed by atoms with van der Waals surface area (Å²) in [4.78, 5) is 2.56. The van der Waals surface area contributed by atoms with Crippen molar-refractivity contribution in [1.82, 2.24) is 0 Å². The Morgan fingerprint density at radius 3 is 2.74 bits per heavy atom. The zero-order chi connectivity index (χ0) is 13.2. The molecule has 1 N–H and O–H groups in total. The average molecular weight is 276 g/mol. The van der Waals surface area contributed by atoms with E-state index in [4.69, 9.17) is 9.47 Å². The van der Waals surface area contributed by atoms with E-state index < -0.39 is 6.10 Å². The molecule has 0 amide bonds. The van der Waals surface area contributed by atoms with E-state index in [2.05, 4.69) is 19.1 Å². The van der Waals surface area contributed by atoms with Gasteiger partial charge in [0, 0.05) is 16.2 Å². The van der Waals surface area contributed by atoms with Gasteiger partial charge < -0.3 is 14.6 Å². The van der Waals surface area contributed by atoms with Crippen LogP contribution in [0.25, 0.3) is 0 Å². The molecule has 2 heterocycles. The fraction of sp³-hybridized carbons (Fsp3) is 0.333. The van der Waals surface area contributed by atoms with Gasteiger partial charge >= 0.3 is 0 Å². The lowest BCUT2D eigenvalue weighted by atomic mass is 10.1. The summed E-state index contributed by atoms with van der Waals surface area (Å²) < 4.78 is 10.6. The van der Waals surface area contributed by atoms with Crippen molar-refractivity contribution in [3.8, 4) is 11.5 Å². The van der Waals surface area contributed by atoms with Crippen LogP contribution in [-0.2, 0) is 12.8 Å². The minimum atomic E-state index is -0.502. The van der Waals surface area contributed by atoms with Crippen LogP contribution in [0, 0.1) is 0 Å². The first-order chi connectivity index (χ1) is 9.26. The Hall–Kier alpha value is -1.52. The summed E-state index contributed by atoms with van der Waals surface area (Å²) in [6.45, 7) is 2.41. The monoisotopic (exact) mass is 276 g/mol. The fourth-order valence-corrected chi connectivity index (χ4v) is 3.15. The smallest absolute Gasteiger partial charge is 0.231 e. The molecule has 1 aliphatic rings. The van der Waals surface area contributed by atoms with Gasteiger partial charge in [-0.15, -0.1) is 11.3 Å². The number of rotatable bonds is 4. The fourth-order valence-electron chi connectivity index (χ4n) is 2.15. The number of thiophene rings is 1. The molecule has 2 aromatic rings. The van der Waals surface area contributed by atoms with E-state index in [0.29, 0.717) is 6.42 Å². The SMILES string of the molecule is CCc1ccc(CC(O)c2ccc3c(c2)OCO3)s1. The first kappa shape index (κ1) is 12.5. The molecule has 0 saturated carbocycles. The van der Waals surface area contributed by atoms with Crippen molar-refractivity contribution in [1.29, 1.82) is 0 Å². The van der Waals surface area contributed by atoms with Crippen molar-refractivity contribution in [3.63, 3.8) is 0 Å². The van der Waals surface area contributed by atoms with Gasteiger partial charge in [0.25, 0.3) is 0 Å². The van der Waals surface area contributed by atoms with Crippen LogP contribution in [0.15, 0.2) is 30.3 Å². The van der Waals surface area contributed by atoms with E-state index in [1.165, 1.54) is 9.75 Å². The first-order valence-electron chi connectivity index (χ1n) is 6.41. The van der Waals surface area contributed by atoms with E-state index in [1.807, 2.05) is 18.2 Å². The summed E-state index contributed by atoms with van der Waals surface area (Å²) in [5, 5.41) is 10.3. The van der Waals surface area contributed by atoms with Crippen LogP contribution in [0.4, 0.5) is 0 Å². The van der Waals surface area contributed by atoms with E-state index in [1.54, 1.807) is 11.3 Å². The number of aliphatic hydroxyl groups excluding tert-OH is 1. The number of fused-ring (bicyclic) bond motifs is 1. The maximum atomic E-state index is 10.3. The number of aliphatic hydroxyl groups is 1. The van der Waals surface area contributed by atoms with Gasteiger partial charge in [-0.2, -0.15) is 0 Å². The molecule has 1 unspecified atom stereocenters. The third kappa shape index (κ3) is 2.60. The van der Waals surface area contributed by atoms with E-state index in [9.17, 15) is 5.11 Å². The molecular formula is C15H16O3S. The second-order valence-electron chi connectivity index (χ2n) is 4.55. The van der Waals surface area contributed by atoms with Crippen molar-refractivity contribution in [3.05, 3.63) is 45.6 Å². The average Bonchev–Trinajstić information content (AvgIpc) is 3.05. The molecule has 3 rings (SSSR count). The molecule has 0 fully saturated rings. The zero-order valence-corrected chi connectivity index (χ0v) is 11.6. The molecule has 3 nitrogen and oxygen atoms in total. The van der Waals surface area contributed by atoms with Crippen LogP contribution in [0.5, 0.6) is 11.5 Å². The van der Waals surface area contributed by atoms with Crippen LogP contribution < -0.4 is 9.47 Å². The van der Waals surface area contributed by atoms with Gasteiger partial charge in [0.1, 0.15) is 0 Å². The van der Waals surface area contributed by atoms with Crippen LogP contribution in [0.1, 0.15) is 28.3 Å². The van der Waals surface area contributed by atoms with Gasteiger partial charge in [0.2, 0.25) is 6.79 Å². The lowest BCUT2D eigenvalue weighted by Gasteiger charge is -2.10. The van der Waals surface area contributed by atoms with Crippen molar-refractivity contribution in [2.24, 2.45) is 0 Å². The minimum absolute atomic E-state index is 0.264. The molecule has 0 spiro atoms. The Morgan fingerprint density at radius 1 is 1.16 bits per heavy atom. The molecule has 4 heteroatoms. The highest BCUT2D eigenvalue weighted by molar-refractivity contribution is 7.11. The number of benzene rings is 1. The largest absolute Gasteiger partial charge is 0.454 e. The Kier molecular flexibility index (Phi) is 3.44. The minimum Gasteiger partial charge on any atom is -0.454 e. The first-order valence-corrected chi connectivity index (χ1v) is 7.23. The third-order valence-corrected chi connectivity index (χ3v) is 4.49. The topological polar surface area (TPSA) is 38.7 Å². The van der Waals surface area contributed by atoms with Crippen LogP contribution in [-0.4, -0.2) is 11.9 Å². The van der Waals surface area contributed by atoms with E-state index in [0.717, 1.165) is 23.5 Å². The van der Waals surface area contributed by atoms with Gasteiger partial charge in [-0.25, -0.2) is 0 Å². The summed E-state index contributed by atoms with van der Waals surface area (Å²) in [5.74, 6) is 1.47. The van der Waals surface area contributed by atoms with Crippen molar-refractivity contribution in [2.75, 3.05) is 6.79 Å². The Bertz CT molecular complexity index is 577. The number of aryl methyl sites for hydroxylation is 1. The molecule has 0 saturated heterocycles. The number of hydrogen-bond donors (Lipinski definition) is 1. The maximum Gasteiger partial charge on any atom is 0.231 e. The van der Waals surface area contributed by atoms with Crippen LogP contribution >= 0.6 is 11.3 Å². The van der Waals surface area contributed by atoms with Crippen molar-refractivity contribution >= 4 is 11.3 Å². The molecule has 0 aliphatic carbocycles. The van der Waals surface area contributed by atoms with Crippen LogP contribution in [0.2, 0.25) is 0 Å². The Labute approximate surface area is 116 Å². The summed E-state index contributed by atoms with van der Waals surface area (Å²) in [5.41, 5.74) is 0.871. The van der Waals surface area contributed by atoms with E-state index >= 15 is 0 Å². The molecular weight excluding hydrogens is 260 g/mol. The Morgan fingerprint density at radius 2 is 1.95 bits per heavy atom. The van der Waals surface area contributed by atoms with Gasteiger partial charge in [-0.3, -0.25) is 0 Å². The predicted octanol–water partition coefficient (Wildman–Crippen LogP) is 3.32. The number of hydrogen-bond acceptors (Lipinski definition) is 4. The highest BCUT2D eigenvalue weighted by Gasteiger charge is 2.17. The molecule has 1 aliphatic heterocycles. The Balaban J connectivity index is 1.74. The maximum absolute atomic E-state index is 10.3. The lowest BCUT2D eigenvalue weighted by molar-refractivity contribution is 0.171. The normalized spacial score (nSPS) is 14.6.